The molecule has 1 aromatic rings. The fraction of sp³-hybridized carbons (Fsp3) is 0.556. The molecule has 1 N–H and O–H groups in total. The topological polar surface area (TPSA) is 92.8 Å². The number of amides is 1. The molecule has 7 nitrogen and oxygen atoms in total. The van der Waals surface area contributed by atoms with Crippen LogP contribution < -0.4 is 5.32 Å². The molecule has 0 unspecified atom stereocenters. The van der Waals surface area contributed by atoms with Gasteiger partial charge in [0, 0.05) is 18.8 Å². The van der Waals surface area contributed by atoms with Crippen LogP contribution in [-0.4, -0.2) is 56.3 Å². The van der Waals surface area contributed by atoms with Crippen molar-refractivity contribution in [2.24, 2.45) is 0 Å². The second kappa shape index (κ2) is 10.1. The summed E-state index contributed by atoms with van der Waals surface area (Å²) >= 11 is 1.14. The van der Waals surface area contributed by atoms with Gasteiger partial charge in [0.25, 0.3) is 0 Å². The summed E-state index contributed by atoms with van der Waals surface area (Å²) in [6, 6.07) is 4.89. The normalized spacial score (nSPS) is 15.8. The van der Waals surface area contributed by atoms with Crippen molar-refractivity contribution >= 4 is 39.3 Å². The van der Waals surface area contributed by atoms with E-state index in [1.165, 1.54) is 13.2 Å². The fourth-order valence-corrected chi connectivity index (χ4v) is 5.27. The van der Waals surface area contributed by atoms with E-state index in [-0.39, 0.29) is 22.3 Å². The zero-order chi connectivity index (χ0) is 19.9. The quantitative estimate of drug-likeness (QED) is 0.689. The lowest BCUT2D eigenvalue weighted by atomic mass is 10.2. The number of anilines is 1. The maximum absolute atomic E-state index is 13.0. The van der Waals surface area contributed by atoms with Crippen LogP contribution in [0.15, 0.2) is 23.1 Å². The molecule has 2 rings (SSSR count). The number of methoxy groups -OCH3 is 1. The molecule has 0 aliphatic carbocycles. The van der Waals surface area contributed by atoms with Crippen molar-refractivity contribution in [3.8, 4) is 0 Å². The molecular formula is C18H26N2O5S2. The van der Waals surface area contributed by atoms with Gasteiger partial charge >= 0.3 is 5.97 Å². The molecule has 1 amide bonds. The lowest BCUT2D eigenvalue weighted by Gasteiger charge is -2.21. The summed E-state index contributed by atoms with van der Waals surface area (Å²) in [6.07, 6.45) is 3.83. The zero-order valence-electron chi connectivity index (χ0n) is 15.7. The van der Waals surface area contributed by atoms with E-state index in [1.807, 2.05) is 0 Å². The van der Waals surface area contributed by atoms with Crippen LogP contribution >= 0.6 is 11.8 Å². The molecule has 0 radical (unpaired) electrons. The third-order valence-corrected chi connectivity index (χ3v) is 7.28. The number of esters is 1. The number of aryl methyl sites for hydroxylation is 1. The van der Waals surface area contributed by atoms with Crippen molar-refractivity contribution in [2.45, 2.75) is 37.5 Å². The second-order valence-corrected chi connectivity index (χ2v) is 9.31. The molecule has 1 aliphatic heterocycles. The molecule has 27 heavy (non-hydrogen) atoms. The first-order chi connectivity index (χ1) is 12.8. The number of hydrogen-bond donors (Lipinski definition) is 1. The molecular weight excluding hydrogens is 388 g/mol. The van der Waals surface area contributed by atoms with Gasteiger partial charge in [-0.1, -0.05) is 18.9 Å². The number of thioether (sulfide) groups is 1. The first-order valence-electron chi connectivity index (χ1n) is 8.90. The Morgan fingerprint density at radius 2 is 1.81 bits per heavy atom. The summed E-state index contributed by atoms with van der Waals surface area (Å²) in [5.41, 5.74) is 1.08. The van der Waals surface area contributed by atoms with Gasteiger partial charge in [0.05, 0.1) is 23.5 Å². The van der Waals surface area contributed by atoms with Crippen molar-refractivity contribution in [3.05, 3.63) is 23.8 Å². The Morgan fingerprint density at radius 3 is 2.44 bits per heavy atom. The molecule has 0 spiro atoms. The number of nitrogens with one attached hydrogen (secondary N) is 1. The Morgan fingerprint density at radius 1 is 1.15 bits per heavy atom. The number of sulfonamides is 1. The van der Waals surface area contributed by atoms with Crippen LogP contribution in [0.3, 0.4) is 0 Å². The average Bonchev–Trinajstić information content (AvgIpc) is 2.93. The molecule has 0 saturated carbocycles. The number of hydrogen-bond acceptors (Lipinski definition) is 6. The highest BCUT2D eigenvalue weighted by molar-refractivity contribution is 8.00. The lowest BCUT2D eigenvalue weighted by molar-refractivity contribution is -0.137. The first-order valence-corrected chi connectivity index (χ1v) is 11.5. The number of carbonyl (C=O) groups is 2. The van der Waals surface area contributed by atoms with E-state index < -0.39 is 16.0 Å². The molecule has 1 aliphatic rings. The lowest BCUT2D eigenvalue weighted by Crippen LogP contribution is -2.32. The monoisotopic (exact) mass is 414 g/mol. The number of ether oxygens (including phenoxy) is 1. The smallest absolute Gasteiger partial charge is 0.315 e. The van der Waals surface area contributed by atoms with Crippen LogP contribution in [0.5, 0.6) is 0 Å². The summed E-state index contributed by atoms with van der Waals surface area (Å²) in [7, 11) is -2.30. The van der Waals surface area contributed by atoms with Crippen molar-refractivity contribution in [1.29, 1.82) is 0 Å². The molecule has 0 atom stereocenters. The van der Waals surface area contributed by atoms with E-state index in [0.29, 0.717) is 24.3 Å². The number of nitrogens with zero attached hydrogens (tertiary/aromatic N) is 1. The van der Waals surface area contributed by atoms with E-state index in [0.717, 1.165) is 37.4 Å². The van der Waals surface area contributed by atoms with Gasteiger partial charge in [-0.25, -0.2) is 8.42 Å². The van der Waals surface area contributed by atoms with Gasteiger partial charge in [-0.2, -0.15) is 4.31 Å². The molecule has 1 saturated heterocycles. The Hall–Kier alpha value is -1.58. The van der Waals surface area contributed by atoms with E-state index in [4.69, 9.17) is 0 Å². The van der Waals surface area contributed by atoms with Crippen molar-refractivity contribution in [1.82, 2.24) is 4.31 Å². The van der Waals surface area contributed by atoms with Crippen molar-refractivity contribution in [2.75, 3.05) is 37.0 Å². The highest BCUT2D eigenvalue weighted by Gasteiger charge is 2.27. The molecule has 1 aromatic carbocycles. The van der Waals surface area contributed by atoms with E-state index in [9.17, 15) is 18.0 Å². The van der Waals surface area contributed by atoms with Crippen LogP contribution in [0.2, 0.25) is 0 Å². The molecule has 0 bridgehead atoms. The highest BCUT2D eigenvalue weighted by Crippen LogP contribution is 2.26. The van der Waals surface area contributed by atoms with E-state index in [1.54, 1.807) is 23.4 Å². The molecule has 1 fully saturated rings. The predicted molar refractivity (Wildman–Crippen MR) is 106 cm³/mol. The number of carbonyl (C=O) groups excluding carboxylic acids is 2. The predicted octanol–water partition coefficient (Wildman–Crippen LogP) is 2.40. The van der Waals surface area contributed by atoms with Gasteiger partial charge in [0.2, 0.25) is 15.9 Å². The van der Waals surface area contributed by atoms with Gasteiger partial charge in [-0.15, -0.1) is 11.8 Å². The maximum atomic E-state index is 13.0. The fourth-order valence-electron chi connectivity index (χ4n) is 2.86. The molecule has 9 heteroatoms. The summed E-state index contributed by atoms with van der Waals surface area (Å²) in [5, 5.41) is 2.69. The van der Waals surface area contributed by atoms with Gasteiger partial charge in [0.1, 0.15) is 0 Å². The number of benzene rings is 1. The molecule has 0 aromatic heterocycles. The average molecular weight is 415 g/mol. The summed E-state index contributed by atoms with van der Waals surface area (Å²) in [4.78, 5) is 23.3. The molecule has 1 heterocycles. The number of rotatable bonds is 7. The van der Waals surface area contributed by atoms with Crippen LogP contribution in [0.25, 0.3) is 0 Å². The summed E-state index contributed by atoms with van der Waals surface area (Å²) in [5.74, 6) is -0.524. The Bertz CT molecular complexity index is 772. The maximum Gasteiger partial charge on any atom is 0.315 e. The first kappa shape index (κ1) is 21.7. The third-order valence-electron chi connectivity index (χ3n) is 4.34. The summed E-state index contributed by atoms with van der Waals surface area (Å²) < 4.78 is 32.1. The van der Waals surface area contributed by atoms with Gasteiger partial charge in [-0.05, 0) is 37.5 Å². The Labute approximate surface area is 164 Å². The largest absolute Gasteiger partial charge is 0.468 e. The van der Waals surface area contributed by atoms with Gasteiger partial charge < -0.3 is 10.1 Å². The van der Waals surface area contributed by atoms with Crippen LogP contribution in [0.1, 0.15) is 31.2 Å². The highest BCUT2D eigenvalue weighted by atomic mass is 32.2. The third kappa shape index (κ3) is 6.22. The van der Waals surface area contributed by atoms with Crippen LogP contribution in [-0.2, 0) is 24.3 Å². The zero-order valence-corrected chi connectivity index (χ0v) is 17.3. The van der Waals surface area contributed by atoms with Crippen molar-refractivity contribution in [3.63, 3.8) is 0 Å². The van der Waals surface area contributed by atoms with E-state index >= 15 is 0 Å². The van der Waals surface area contributed by atoms with E-state index in [2.05, 4.69) is 10.1 Å². The van der Waals surface area contributed by atoms with Gasteiger partial charge in [-0.3, -0.25) is 9.59 Å². The van der Waals surface area contributed by atoms with Gasteiger partial charge in [0.15, 0.2) is 0 Å². The second-order valence-electron chi connectivity index (χ2n) is 6.42. The minimum atomic E-state index is -3.59. The molecule has 150 valence electrons. The Kier molecular flexibility index (Phi) is 8.12. The summed E-state index contributed by atoms with van der Waals surface area (Å²) in [6.45, 7) is 2.81. The van der Waals surface area contributed by atoms with Crippen LogP contribution in [0.4, 0.5) is 5.69 Å². The van der Waals surface area contributed by atoms with Crippen molar-refractivity contribution < 1.29 is 22.7 Å². The standard InChI is InChI=1S/C18H26N2O5S2/c1-14-7-8-15(19-17(21)12-26-13-18(22)25-2)11-16(14)27(23,24)20-9-5-3-4-6-10-20/h7-8,11H,3-6,9-10,12-13H2,1-2H3,(H,19,21). The SMILES string of the molecule is COC(=O)CSCC(=O)Nc1ccc(C)c(S(=O)(=O)N2CCCCCC2)c1. The van der Waals surface area contributed by atoms with Crippen LogP contribution in [0, 0.1) is 6.92 Å². The minimum Gasteiger partial charge on any atom is -0.468 e. The minimum absolute atomic E-state index is 0.0805. The Balaban J connectivity index is 2.08.